The third-order valence-corrected chi connectivity index (χ3v) is 6.26. The summed E-state index contributed by atoms with van der Waals surface area (Å²) in [5, 5.41) is 6.12. The van der Waals surface area contributed by atoms with E-state index < -0.39 is 0 Å². The number of hydrogen-bond donors (Lipinski definition) is 2. The summed E-state index contributed by atoms with van der Waals surface area (Å²) in [4.78, 5) is 14.8. The number of methoxy groups -OCH3 is 1. The van der Waals surface area contributed by atoms with E-state index in [1.54, 1.807) is 7.11 Å². The largest absolute Gasteiger partial charge is 0.497 e. The second-order valence-electron chi connectivity index (χ2n) is 8.22. The summed E-state index contributed by atoms with van der Waals surface area (Å²) in [7, 11) is 1.65. The quantitative estimate of drug-likeness (QED) is 0.776. The first-order valence-corrected chi connectivity index (χ1v) is 10.7. The molecule has 0 spiro atoms. The van der Waals surface area contributed by atoms with Crippen LogP contribution in [0.3, 0.4) is 0 Å². The topological polar surface area (TPSA) is 53.6 Å². The first-order valence-electron chi connectivity index (χ1n) is 10.7. The summed E-state index contributed by atoms with van der Waals surface area (Å²) < 4.78 is 5.16. The number of anilines is 1. The highest BCUT2D eigenvalue weighted by molar-refractivity contribution is 5.74. The number of rotatable bonds is 6. The number of ether oxygens (including phenoxy) is 1. The Hall–Kier alpha value is -2.69. The van der Waals surface area contributed by atoms with E-state index in [0.717, 1.165) is 43.2 Å². The number of para-hydroxylation sites is 1. The Balaban J connectivity index is 1.17. The Morgan fingerprint density at radius 2 is 1.83 bits per heavy atom. The SMILES string of the molecule is COc1ccc(CNC(=O)NC2CCC(CN3CCc4ccccc43)CC2)cc1. The van der Waals surface area contributed by atoms with Crippen molar-refractivity contribution in [1.82, 2.24) is 10.6 Å². The molecule has 2 aromatic carbocycles. The lowest BCUT2D eigenvalue weighted by molar-refractivity contribution is 0.227. The molecule has 0 saturated heterocycles. The number of nitrogens with zero attached hydrogens (tertiary/aromatic N) is 1. The van der Waals surface area contributed by atoms with E-state index in [1.165, 1.54) is 30.5 Å². The zero-order valence-corrected chi connectivity index (χ0v) is 17.2. The van der Waals surface area contributed by atoms with Gasteiger partial charge >= 0.3 is 6.03 Å². The van der Waals surface area contributed by atoms with Gasteiger partial charge in [-0.2, -0.15) is 0 Å². The highest BCUT2D eigenvalue weighted by atomic mass is 16.5. The zero-order chi connectivity index (χ0) is 20.1. The van der Waals surface area contributed by atoms with Gasteiger partial charge in [0.1, 0.15) is 5.75 Å². The van der Waals surface area contributed by atoms with Crippen LogP contribution in [0.4, 0.5) is 10.5 Å². The summed E-state index contributed by atoms with van der Waals surface area (Å²) in [5.41, 5.74) is 3.97. The first kappa shape index (κ1) is 19.6. The number of fused-ring (bicyclic) bond motifs is 1. The van der Waals surface area contributed by atoms with Crippen molar-refractivity contribution in [2.75, 3.05) is 25.1 Å². The highest BCUT2D eigenvalue weighted by Crippen LogP contribution is 2.31. The smallest absolute Gasteiger partial charge is 0.315 e. The lowest BCUT2D eigenvalue weighted by Crippen LogP contribution is -2.44. The Morgan fingerprint density at radius 1 is 1.07 bits per heavy atom. The minimum atomic E-state index is -0.0715. The molecule has 1 aliphatic carbocycles. The fourth-order valence-corrected chi connectivity index (χ4v) is 4.56. The molecule has 0 radical (unpaired) electrons. The monoisotopic (exact) mass is 393 g/mol. The number of hydrogen-bond acceptors (Lipinski definition) is 3. The molecule has 5 nitrogen and oxygen atoms in total. The Bertz CT molecular complexity index is 813. The third kappa shape index (κ3) is 5.03. The van der Waals surface area contributed by atoms with Crippen molar-refractivity contribution in [3.63, 3.8) is 0 Å². The predicted molar refractivity (Wildman–Crippen MR) is 116 cm³/mol. The van der Waals surface area contributed by atoms with Crippen molar-refractivity contribution in [2.45, 2.75) is 44.7 Å². The Labute approximate surface area is 173 Å². The lowest BCUT2D eigenvalue weighted by Gasteiger charge is -2.32. The molecule has 29 heavy (non-hydrogen) atoms. The van der Waals surface area contributed by atoms with Crippen molar-refractivity contribution in [1.29, 1.82) is 0 Å². The predicted octanol–water partition coefficient (Wildman–Crippen LogP) is 4.12. The molecule has 1 fully saturated rings. The molecule has 2 aliphatic rings. The van der Waals surface area contributed by atoms with Crippen LogP contribution in [0.2, 0.25) is 0 Å². The van der Waals surface area contributed by atoms with Crippen LogP contribution in [-0.2, 0) is 13.0 Å². The Morgan fingerprint density at radius 3 is 2.59 bits per heavy atom. The van der Waals surface area contributed by atoms with Crippen molar-refractivity contribution in [2.24, 2.45) is 5.92 Å². The molecule has 1 heterocycles. The van der Waals surface area contributed by atoms with Gasteiger partial charge in [0.25, 0.3) is 0 Å². The van der Waals surface area contributed by atoms with Crippen LogP contribution in [0.1, 0.15) is 36.8 Å². The summed E-state index contributed by atoms with van der Waals surface area (Å²) >= 11 is 0. The average molecular weight is 394 g/mol. The molecule has 154 valence electrons. The molecule has 1 aliphatic heterocycles. The first-order chi connectivity index (χ1) is 14.2. The van der Waals surface area contributed by atoms with Crippen LogP contribution in [0.15, 0.2) is 48.5 Å². The van der Waals surface area contributed by atoms with E-state index in [-0.39, 0.29) is 12.1 Å². The van der Waals surface area contributed by atoms with Gasteiger partial charge in [0.15, 0.2) is 0 Å². The van der Waals surface area contributed by atoms with E-state index in [9.17, 15) is 4.79 Å². The molecule has 1 saturated carbocycles. The number of carbonyl (C=O) groups excluding carboxylic acids is 1. The van der Waals surface area contributed by atoms with Crippen molar-refractivity contribution >= 4 is 11.7 Å². The van der Waals surface area contributed by atoms with Crippen LogP contribution in [0, 0.1) is 5.92 Å². The van der Waals surface area contributed by atoms with Crippen LogP contribution in [-0.4, -0.2) is 32.3 Å². The van der Waals surface area contributed by atoms with E-state index in [2.05, 4.69) is 39.8 Å². The summed E-state index contributed by atoms with van der Waals surface area (Å²) in [5.74, 6) is 1.55. The van der Waals surface area contributed by atoms with Gasteiger partial charge < -0.3 is 20.3 Å². The average Bonchev–Trinajstić information content (AvgIpc) is 3.17. The lowest BCUT2D eigenvalue weighted by atomic mass is 9.85. The van der Waals surface area contributed by atoms with Crippen LogP contribution >= 0.6 is 0 Å². The third-order valence-electron chi connectivity index (χ3n) is 6.26. The highest BCUT2D eigenvalue weighted by Gasteiger charge is 2.26. The second kappa shape index (κ2) is 9.21. The van der Waals surface area contributed by atoms with Crippen LogP contribution < -0.4 is 20.3 Å². The minimum Gasteiger partial charge on any atom is -0.497 e. The standard InChI is InChI=1S/C24H31N3O2/c1-29-22-12-8-18(9-13-22)16-25-24(28)26-21-10-6-19(7-11-21)17-27-15-14-20-4-2-3-5-23(20)27/h2-5,8-9,12-13,19,21H,6-7,10-11,14-17H2,1H3,(H2,25,26,28). The maximum atomic E-state index is 12.3. The number of carbonyl (C=O) groups is 1. The van der Waals surface area contributed by atoms with Crippen molar-refractivity contribution in [3.8, 4) is 5.75 Å². The number of nitrogens with one attached hydrogen (secondary N) is 2. The van der Waals surface area contributed by atoms with Gasteiger partial charge in [0.2, 0.25) is 0 Å². The molecule has 0 aromatic heterocycles. The summed E-state index contributed by atoms with van der Waals surface area (Å²) in [6.07, 6.45) is 5.66. The fraction of sp³-hybridized carbons (Fsp3) is 0.458. The molecule has 2 amide bonds. The maximum absolute atomic E-state index is 12.3. The van der Waals surface area contributed by atoms with Crippen LogP contribution in [0.25, 0.3) is 0 Å². The molecule has 4 rings (SSSR count). The van der Waals surface area contributed by atoms with Gasteiger partial charge in [-0.15, -0.1) is 0 Å². The normalized spacial score (nSPS) is 20.8. The zero-order valence-electron chi connectivity index (χ0n) is 17.2. The number of urea groups is 1. The maximum Gasteiger partial charge on any atom is 0.315 e. The van der Waals surface area contributed by atoms with Gasteiger partial charge in [-0.05, 0) is 67.3 Å². The number of benzene rings is 2. The van der Waals surface area contributed by atoms with Gasteiger partial charge in [0, 0.05) is 31.4 Å². The Kier molecular flexibility index (Phi) is 6.23. The van der Waals surface area contributed by atoms with Crippen LogP contribution in [0.5, 0.6) is 5.75 Å². The summed E-state index contributed by atoms with van der Waals surface area (Å²) in [6, 6.07) is 16.8. The number of amides is 2. The summed E-state index contributed by atoms with van der Waals surface area (Å²) in [6.45, 7) is 2.82. The van der Waals surface area contributed by atoms with Crippen molar-refractivity contribution < 1.29 is 9.53 Å². The molecular formula is C24H31N3O2. The molecule has 2 aromatic rings. The molecule has 2 N–H and O–H groups in total. The minimum absolute atomic E-state index is 0.0715. The van der Waals surface area contributed by atoms with E-state index in [4.69, 9.17) is 4.74 Å². The second-order valence-corrected chi connectivity index (χ2v) is 8.22. The fourth-order valence-electron chi connectivity index (χ4n) is 4.56. The molecular weight excluding hydrogens is 362 g/mol. The van der Waals surface area contributed by atoms with Crippen molar-refractivity contribution in [3.05, 3.63) is 59.7 Å². The van der Waals surface area contributed by atoms with Gasteiger partial charge in [-0.1, -0.05) is 30.3 Å². The molecule has 5 heteroatoms. The molecule has 0 unspecified atom stereocenters. The van der Waals surface area contributed by atoms with E-state index in [0.29, 0.717) is 6.54 Å². The van der Waals surface area contributed by atoms with Gasteiger partial charge in [-0.3, -0.25) is 0 Å². The van der Waals surface area contributed by atoms with E-state index >= 15 is 0 Å². The molecule has 0 bridgehead atoms. The molecule has 0 atom stereocenters. The van der Waals surface area contributed by atoms with E-state index in [1.807, 2.05) is 24.3 Å². The van der Waals surface area contributed by atoms with Gasteiger partial charge in [0.05, 0.1) is 7.11 Å². The van der Waals surface area contributed by atoms with Gasteiger partial charge in [-0.25, -0.2) is 4.79 Å².